The van der Waals surface area contributed by atoms with Crippen molar-refractivity contribution in [3.8, 4) is 11.4 Å². The lowest BCUT2D eigenvalue weighted by atomic mass is 10.1. The molecule has 4 heterocycles. The molecule has 42 heavy (non-hydrogen) atoms. The second-order valence-corrected chi connectivity index (χ2v) is 11.0. The molecular weight excluding hydrogens is 514 g/mol. The molecule has 6 aromatic carbocycles. The van der Waals surface area contributed by atoms with Crippen molar-refractivity contribution < 1.29 is 0 Å². The number of aromatic nitrogens is 5. The molecule has 5 heteroatoms. The van der Waals surface area contributed by atoms with Crippen LogP contribution in [-0.2, 0) is 0 Å². The standard InChI is InChI=1S/C37H23N5/c1-2-10-23(11-3-1)41-32-16-8-9-17-33(32)42-34-21-19-27-26-13-5-7-15-31(26)40(36(27)35(34)39-37(41)42)24-18-20-30-28(22-24)25-12-4-6-14-29(25)38-30/h1-22,38H. The van der Waals surface area contributed by atoms with E-state index in [9.17, 15) is 0 Å². The molecule has 0 spiro atoms. The van der Waals surface area contributed by atoms with Gasteiger partial charge in [0, 0.05) is 44.0 Å². The Morgan fingerprint density at radius 2 is 1.17 bits per heavy atom. The van der Waals surface area contributed by atoms with Crippen LogP contribution in [0.1, 0.15) is 0 Å². The van der Waals surface area contributed by atoms with Crippen molar-refractivity contribution in [3.05, 3.63) is 133 Å². The van der Waals surface area contributed by atoms with Crippen LogP contribution in [0.25, 0.3) is 82.8 Å². The minimum atomic E-state index is 0.911. The molecule has 0 atom stereocenters. The minimum Gasteiger partial charge on any atom is -0.355 e. The molecule has 1 N–H and O–H groups in total. The van der Waals surface area contributed by atoms with E-state index in [1.165, 1.54) is 27.1 Å². The van der Waals surface area contributed by atoms with E-state index in [4.69, 9.17) is 4.98 Å². The number of rotatable bonds is 2. The van der Waals surface area contributed by atoms with Gasteiger partial charge in [0.05, 0.1) is 27.6 Å². The second-order valence-electron chi connectivity index (χ2n) is 11.0. The highest BCUT2D eigenvalue weighted by Gasteiger charge is 2.22. The fourth-order valence-corrected chi connectivity index (χ4v) is 6.99. The number of nitrogens with zero attached hydrogens (tertiary/aromatic N) is 4. The van der Waals surface area contributed by atoms with Gasteiger partial charge >= 0.3 is 0 Å². The Hall–Kier alpha value is -5.81. The molecule has 10 aromatic rings. The summed E-state index contributed by atoms with van der Waals surface area (Å²) in [4.78, 5) is 9.02. The SMILES string of the molecule is c1ccc(-n2c3ccccc3n3c4ccc5c6ccccc6n(-c6ccc7[nH]c8ccccc8c7c6)c5c4nc23)cc1. The summed E-state index contributed by atoms with van der Waals surface area (Å²) >= 11 is 0. The van der Waals surface area contributed by atoms with Crippen LogP contribution in [-0.4, -0.2) is 23.5 Å². The summed E-state index contributed by atoms with van der Waals surface area (Å²) in [5.74, 6) is 0.911. The fourth-order valence-electron chi connectivity index (χ4n) is 6.99. The van der Waals surface area contributed by atoms with Crippen molar-refractivity contribution in [3.63, 3.8) is 0 Å². The Morgan fingerprint density at radius 1 is 0.452 bits per heavy atom. The van der Waals surface area contributed by atoms with E-state index in [1.807, 2.05) is 0 Å². The van der Waals surface area contributed by atoms with E-state index in [2.05, 4.69) is 152 Å². The third-order valence-electron chi connectivity index (χ3n) is 8.77. The summed E-state index contributed by atoms with van der Waals surface area (Å²) in [7, 11) is 0. The lowest BCUT2D eigenvalue weighted by molar-refractivity contribution is 1.11. The number of imidazole rings is 2. The first kappa shape index (κ1) is 21.9. The molecule has 196 valence electrons. The smallest absolute Gasteiger partial charge is 0.220 e. The maximum atomic E-state index is 5.44. The predicted octanol–water partition coefficient (Wildman–Crippen LogP) is 9.16. The van der Waals surface area contributed by atoms with Gasteiger partial charge in [-0.15, -0.1) is 0 Å². The van der Waals surface area contributed by atoms with E-state index >= 15 is 0 Å². The summed E-state index contributed by atoms with van der Waals surface area (Å²) in [5, 5.41) is 4.88. The molecular formula is C37H23N5. The van der Waals surface area contributed by atoms with Crippen LogP contribution >= 0.6 is 0 Å². The zero-order valence-corrected chi connectivity index (χ0v) is 22.5. The van der Waals surface area contributed by atoms with Crippen LogP contribution in [0.3, 0.4) is 0 Å². The molecule has 0 aliphatic rings. The first-order chi connectivity index (χ1) is 20.8. The number of H-pyrrole nitrogens is 1. The van der Waals surface area contributed by atoms with E-state index in [1.54, 1.807) is 0 Å². The molecule has 0 saturated heterocycles. The highest BCUT2D eigenvalue weighted by atomic mass is 15.2. The normalized spacial score (nSPS) is 12.3. The van der Waals surface area contributed by atoms with Gasteiger partial charge in [0.25, 0.3) is 0 Å². The fraction of sp³-hybridized carbons (Fsp3) is 0. The molecule has 0 bridgehead atoms. The Bertz CT molecular complexity index is 2680. The first-order valence-corrected chi connectivity index (χ1v) is 14.3. The van der Waals surface area contributed by atoms with Crippen molar-refractivity contribution in [1.29, 1.82) is 0 Å². The third kappa shape index (κ3) is 2.74. The number of benzene rings is 6. The Labute approximate surface area is 239 Å². The summed E-state index contributed by atoms with van der Waals surface area (Å²) in [6.45, 7) is 0. The quantitative estimate of drug-likeness (QED) is 0.235. The lowest BCUT2D eigenvalue weighted by Gasteiger charge is -2.09. The number of nitrogens with one attached hydrogen (secondary N) is 1. The molecule has 0 saturated carbocycles. The average molecular weight is 538 g/mol. The molecule has 0 aliphatic heterocycles. The van der Waals surface area contributed by atoms with Gasteiger partial charge in [-0.3, -0.25) is 8.97 Å². The monoisotopic (exact) mass is 537 g/mol. The van der Waals surface area contributed by atoms with E-state index in [0.717, 1.165) is 55.8 Å². The van der Waals surface area contributed by atoms with Crippen LogP contribution in [0, 0.1) is 0 Å². The molecule has 5 nitrogen and oxygen atoms in total. The minimum absolute atomic E-state index is 0.911. The van der Waals surface area contributed by atoms with Gasteiger partial charge in [-0.25, -0.2) is 4.98 Å². The number of hydrogen-bond donors (Lipinski definition) is 1. The average Bonchev–Trinajstić information content (AvgIpc) is 3.78. The summed E-state index contributed by atoms with van der Waals surface area (Å²) in [6.07, 6.45) is 0. The summed E-state index contributed by atoms with van der Waals surface area (Å²) in [6, 6.07) is 47.5. The zero-order chi connectivity index (χ0) is 27.4. The Balaban J connectivity index is 1.38. The second kappa shape index (κ2) is 7.89. The van der Waals surface area contributed by atoms with Gasteiger partial charge in [-0.1, -0.05) is 66.7 Å². The van der Waals surface area contributed by atoms with Crippen LogP contribution in [0.4, 0.5) is 0 Å². The van der Waals surface area contributed by atoms with Crippen LogP contribution in [0.15, 0.2) is 133 Å². The van der Waals surface area contributed by atoms with Gasteiger partial charge in [-0.2, -0.15) is 0 Å². The first-order valence-electron chi connectivity index (χ1n) is 14.3. The maximum Gasteiger partial charge on any atom is 0.220 e. The molecule has 0 fully saturated rings. The topological polar surface area (TPSA) is 43.0 Å². The highest BCUT2D eigenvalue weighted by molar-refractivity contribution is 6.18. The molecule has 0 radical (unpaired) electrons. The molecule has 0 aliphatic carbocycles. The van der Waals surface area contributed by atoms with Crippen molar-refractivity contribution in [2.45, 2.75) is 0 Å². The number of para-hydroxylation sites is 5. The van der Waals surface area contributed by atoms with Gasteiger partial charge in [0.1, 0.15) is 5.52 Å². The largest absolute Gasteiger partial charge is 0.355 e. The number of hydrogen-bond acceptors (Lipinski definition) is 1. The van der Waals surface area contributed by atoms with E-state index in [-0.39, 0.29) is 0 Å². The van der Waals surface area contributed by atoms with Crippen LogP contribution in [0.2, 0.25) is 0 Å². The van der Waals surface area contributed by atoms with Crippen LogP contribution < -0.4 is 0 Å². The van der Waals surface area contributed by atoms with Gasteiger partial charge in [-0.05, 0) is 66.7 Å². The molecule has 0 amide bonds. The third-order valence-corrected chi connectivity index (χ3v) is 8.77. The van der Waals surface area contributed by atoms with E-state index < -0.39 is 0 Å². The van der Waals surface area contributed by atoms with Gasteiger partial charge in [0.2, 0.25) is 5.78 Å². The van der Waals surface area contributed by atoms with Crippen molar-refractivity contribution in [1.82, 2.24) is 23.5 Å². The highest BCUT2D eigenvalue weighted by Crippen LogP contribution is 2.39. The maximum absolute atomic E-state index is 5.44. The predicted molar refractivity (Wildman–Crippen MR) is 173 cm³/mol. The van der Waals surface area contributed by atoms with E-state index in [0.29, 0.717) is 0 Å². The van der Waals surface area contributed by atoms with Gasteiger partial charge < -0.3 is 9.55 Å². The van der Waals surface area contributed by atoms with Crippen molar-refractivity contribution in [2.75, 3.05) is 0 Å². The number of fused-ring (bicyclic) bond motifs is 12. The zero-order valence-electron chi connectivity index (χ0n) is 22.5. The molecule has 4 aromatic heterocycles. The summed E-state index contributed by atoms with van der Waals surface area (Å²) < 4.78 is 6.98. The molecule has 0 unspecified atom stereocenters. The lowest BCUT2D eigenvalue weighted by Crippen LogP contribution is -1.95. The van der Waals surface area contributed by atoms with Gasteiger partial charge in [0.15, 0.2) is 0 Å². The van der Waals surface area contributed by atoms with Crippen molar-refractivity contribution >= 4 is 71.5 Å². The molecule has 10 rings (SSSR count). The Morgan fingerprint density at radius 3 is 2.05 bits per heavy atom. The number of aromatic amines is 1. The Kier molecular flexibility index (Phi) is 4.12. The van der Waals surface area contributed by atoms with Crippen LogP contribution in [0.5, 0.6) is 0 Å². The van der Waals surface area contributed by atoms with Crippen molar-refractivity contribution in [2.24, 2.45) is 0 Å². The summed E-state index contributed by atoms with van der Waals surface area (Å²) in [5.41, 5.74) is 11.2.